The maximum absolute atomic E-state index is 2.49. The van der Waals surface area contributed by atoms with Crippen LogP contribution in [-0.4, -0.2) is 4.57 Å². The molecule has 61 heavy (non-hydrogen) atoms. The molecule has 2 heteroatoms. The molecule has 1 heterocycles. The van der Waals surface area contributed by atoms with E-state index in [9.17, 15) is 0 Å². The van der Waals surface area contributed by atoms with E-state index >= 15 is 0 Å². The van der Waals surface area contributed by atoms with Crippen LogP contribution in [0.5, 0.6) is 0 Å². The molecule has 2 nitrogen and oxygen atoms in total. The predicted molar refractivity (Wildman–Crippen MR) is 254 cm³/mol. The molecule has 282 valence electrons. The van der Waals surface area contributed by atoms with Gasteiger partial charge in [0.05, 0.1) is 16.4 Å². The molecule has 1 spiro atoms. The van der Waals surface area contributed by atoms with E-state index in [4.69, 9.17) is 0 Å². The summed E-state index contributed by atoms with van der Waals surface area (Å²) in [6.45, 7) is 0. The second kappa shape index (κ2) is 12.1. The molecule has 0 fully saturated rings. The van der Waals surface area contributed by atoms with Crippen molar-refractivity contribution in [2.45, 2.75) is 5.41 Å². The first-order valence-corrected chi connectivity index (χ1v) is 21.3. The number of nitrogens with zero attached hydrogens (tertiary/aromatic N) is 2. The third kappa shape index (κ3) is 4.21. The number of para-hydroxylation sites is 2. The van der Waals surface area contributed by atoms with E-state index in [2.05, 4.69) is 228 Å². The second-order valence-electron chi connectivity index (χ2n) is 16.8. The van der Waals surface area contributed by atoms with Crippen molar-refractivity contribution in [1.29, 1.82) is 0 Å². The van der Waals surface area contributed by atoms with Crippen LogP contribution in [0.4, 0.5) is 17.1 Å². The number of aromatic nitrogens is 1. The Morgan fingerprint density at radius 3 is 1.51 bits per heavy atom. The topological polar surface area (TPSA) is 8.17 Å². The Kier molecular flexibility index (Phi) is 6.52. The first-order valence-electron chi connectivity index (χ1n) is 21.3. The zero-order chi connectivity index (χ0) is 39.8. The number of fused-ring (bicyclic) bond motifs is 13. The Bertz CT molecular complexity index is 3590. The molecule has 0 bridgehead atoms. The molecule has 3 aliphatic carbocycles. The summed E-state index contributed by atoms with van der Waals surface area (Å²) in [6, 6.07) is 81.6. The van der Waals surface area contributed by atoms with Crippen molar-refractivity contribution in [2.75, 3.05) is 4.90 Å². The van der Waals surface area contributed by atoms with E-state index in [-0.39, 0.29) is 0 Å². The van der Waals surface area contributed by atoms with E-state index in [1.54, 1.807) is 0 Å². The van der Waals surface area contributed by atoms with Gasteiger partial charge < -0.3 is 9.47 Å². The van der Waals surface area contributed by atoms with Gasteiger partial charge in [-0.2, -0.15) is 0 Å². The van der Waals surface area contributed by atoms with Crippen molar-refractivity contribution in [3.05, 3.63) is 241 Å². The van der Waals surface area contributed by atoms with Crippen LogP contribution in [0.2, 0.25) is 0 Å². The Morgan fingerprint density at radius 2 is 0.820 bits per heavy atom. The first-order chi connectivity index (χ1) is 30.3. The summed E-state index contributed by atoms with van der Waals surface area (Å²) in [4.78, 5) is 2.46. The standard InChI is InChI=1S/C59H36N2/c1-3-16-38(17-4-1)60(41-31-33-46-45-22-9-12-27-52(45)59(53(46)36-41)50-25-10-7-20-43(50)44-21-8-11-26-51(44)59)40-30-32-42-47-24-14-28-54-57(47)58-55(61(54)39-18-5-2-6-19-39)34-29-37-15-13-23-48(56(37)58)49(42)35-40/h1-36H. The summed E-state index contributed by atoms with van der Waals surface area (Å²) in [5.41, 5.74) is 22.3. The van der Waals surface area contributed by atoms with E-state index < -0.39 is 5.41 Å². The fraction of sp³-hybridized carbons (Fsp3) is 0.0169. The van der Waals surface area contributed by atoms with Gasteiger partial charge in [0.2, 0.25) is 0 Å². The van der Waals surface area contributed by atoms with Gasteiger partial charge in [0.15, 0.2) is 0 Å². The lowest BCUT2D eigenvalue weighted by molar-refractivity contribution is 0.793. The molecule has 0 atom stereocenters. The van der Waals surface area contributed by atoms with Crippen LogP contribution >= 0.6 is 0 Å². The lowest BCUT2D eigenvalue weighted by atomic mass is 9.70. The molecule has 1 aromatic heterocycles. The van der Waals surface area contributed by atoms with Crippen LogP contribution < -0.4 is 4.90 Å². The van der Waals surface area contributed by atoms with Crippen molar-refractivity contribution in [3.8, 4) is 50.2 Å². The number of hydrogen-bond acceptors (Lipinski definition) is 1. The fourth-order valence-electron chi connectivity index (χ4n) is 11.6. The first kappa shape index (κ1) is 33.0. The molecule has 0 N–H and O–H groups in total. The molecule has 11 aromatic rings. The summed E-state index contributed by atoms with van der Waals surface area (Å²) >= 11 is 0. The zero-order valence-corrected chi connectivity index (χ0v) is 33.2. The average Bonchev–Trinajstić information content (AvgIpc) is 3.91. The van der Waals surface area contributed by atoms with Gasteiger partial charge in [-0.3, -0.25) is 0 Å². The van der Waals surface area contributed by atoms with Crippen molar-refractivity contribution in [2.24, 2.45) is 0 Å². The number of rotatable bonds is 4. The van der Waals surface area contributed by atoms with Gasteiger partial charge in [0.1, 0.15) is 0 Å². The highest BCUT2D eigenvalue weighted by Crippen LogP contribution is 2.63. The Labute approximate surface area is 353 Å². The monoisotopic (exact) mass is 772 g/mol. The highest BCUT2D eigenvalue weighted by molar-refractivity contribution is 6.30. The smallest absolute Gasteiger partial charge is 0.0726 e. The highest BCUT2D eigenvalue weighted by atomic mass is 15.1. The minimum atomic E-state index is -0.425. The van der Waals surface area contributed by atoms with Crippen molar-refractivity contribution >= 4 is 49.6 Å². The van der Waals surface area contributed by atoms with Gasteiger partial charge in [0, 0.05) is 33.5 Å². The number of benzene rings is 10. The maximum Gasteiger partial charge on any atom is 0.0726 e. The van der Waals surface area contributed by atoms with E-state index in [0.29, 0.717) is 0 Å². The predicted octanol–water partition coefficient (Wildman–Crippen LogP) is 15.4. The lowest BCUT2D eigenvalue weighted by Gasteiger charge is -2.32. The fourth-order valence-corrected chi connectivity index (χ4v) is 11.6. The van der Waals surface area contributed by atoms with E-state index in [1.165, 1.54) is 105 Å². The molecule has 14 rings (SSSR count). The quantitative estimate of drug-likeness (QED) is 0.173. The summed E-state index contributed by atoms with van der Waals surface area (Å²) < 4.78 is 2.45. The molecular weight excluding hydrogens is 737 g/mol. The molecule has 0 amide bonds. The normalized spacial score (nSPS) is 13.4. The third-order valence-corrected chi connectivity index (χ3v) is 13.9. The molecule has 0 unspecified atom stereocenters. The SMILES string of the molecule is c1ccc(N(c2ccc3c(c2)-c2cccc4ccc5c(c24)c2c-3cccc2n5-c2ccccc2)c2ccc3c(c2)C2(c4ccccc4-c4ccccc42)c2ccccc2-3)cc1. The van der Waals surface area contributed by atoms with Gasteiger partial charge in [0.25, 0.3) is 0 Å². The second-order valence-corrected chi connectivity index (χ2v) is 16.8. The molecular formula is C59H36N2. The minimum Gasteiger partial charge on any atom is -0.310 e. The van der Waals surface area contributed by atoms with Crippen LogP contribution in [0.3, 0.4) is 0 Å². The van der Waals surface area contributed by atoms with Gasteiger partial charge in [-0.1, -0.05) is 158 Å². The molecule has 10 aromatic carbocycles. The largest absolute Gasteiger partial charge is 0.310 e. The summed E-state index contributed by atoms with van der Waals surface area (Å²) in [5.74, 6) is 0. The summed E-state index contributed by atoms with van der Waals surface area (Å²) in [6.07, 6.45) is 0. The lowest BCUT2D eigenvalue weighted by Crippen LogP contribution is -2.26. The molecule has 0 aliphatic heterocycles. The highest BCUT2D eigenvalue weighted by Gasteiger charge is 2.51. The zero-order valence-electron chi connectivity index (χ0n) is 33.2. The summed E-state index contributed by atoms with van der Waals surface area (Å²) in [7, 11) is 0. The molecule has 0 saturated carbocycles. The van der Waals surface area contributed by atoms with Crippen LogP contribution in [0.25, 0.3) is 82.8 Å². The van der Waals surface area contributed by atoms with E-state index in [0.717, 1.165) is 17.1 Å². The van der Waals surface area contributed by atoms with Gasteiger partial charge in [-0.05, 0) is 138 Å². The number of anilines is 3. The van der Waals surface area contributed by atoms with Crippen molar-refractivity contribution < 1.29 is 0 Å². The molecule has 0 saturated heterocycles. The van der Waals surface area contributed by atoms with Crippen molar-refractivity contribution in [3.63, 3.8) is 0 Å². The van der Waals surface area contributed by atoms with Crippen LogP contribution in [0.1, 0.15) is 22.3 Å². The Hall–Kier alpha value is -7.94. The van der Waals surface area contributed by atoms with Crippen LogP contribution in [0, 0.1) is 0 Å². The van der Waals surface area contributed by atoms with Gasteiger partial charge in [-0.25, -0.2) is 0 Å². The average molecular weight is 773 g/mol. The van der Waals surface area contributed by atoms with Crippen LogP contribution in [-0.2, 0) is 5.41 Å². The maximum atomic E-state index is 2.49. The third-order valence-electron chi connectivity index (χ3n) is 13.9. The van der Waals surface area contributed by atoms with Crippen LogP contribution in [0.15, 0.2) is 218 Å². The Morgan fingerprint density at radius 1 is 0.295 bits per heavy atom. The van der Waals surface area contributed by atoms with Gasteiger partial charge >= 0.3 is 0 Å². The molecule has 3 aliphatic rings. The minimum absolute atomic E-state index is 0.425. The Balaban J connectivity index is 1.03. The number of hydrogen-bond donors (Lipinski definition) is 0. The van der Waals surface area contributed by atoms with Crippen molar-refractivity contribution in [1.82, 2.24) is 4.57 Å². The van der Waals surface area contributed by atoms with E-state index in [1.807, 2.05) is 0 Å². The molecule has 0 radical (unpaired) electrons. The van der Waals surface area contributed by atoms with Gasteiger partial charge in [-0.15, -0.1) is 0 Å². The summed E-state index contributed by atoms with van der Waals surface area (Å²) in [5, 5.41) is 5.20.